The molecule has 0 aromatic carbocycles. The molecule has 0 bridgehead atoms. The average Bonchev–Trinajstić information content (AvgIpc) is 2.01. The van der Waals surface area contributed by atoms with Crippen molar-refractivity contribution in [3.8, 4) is 6.07 Å². The first-order chi connectivity index (χ1) is 6.56. The van der Waals surface area contributed by atoms with Crippen molar-refractivity contribution >= 4 is 27.5 Å². The van der Waals surface area contributed by atoms with Crippen molar-refractivity contribution in [3.05, 3.63) is 26.9 Å². The highest BCUT2D eigenvalue weighted by Crippen LogP contribution is 2.31. The first kappa shape index (κ1) is 11.3. The molecule has 0 amide bonds. The SMILES string of the molecule is N#CCc1nc(Cl)cc(Br)c1C(F)F. The van der Waals surface area contributed by atoms with E-state index >= 15 is 0 Å². The van der Waals surface area contributed by atoms with Crippen LogP contribution >= 0.6 is 27.5 Å². The van der Waals surface area contributed by atoms with E-state index in [9.17, 15) is 8.78 Å². The average molecular weight is 281 g/mol. The molecule has 0 unspecified atom stereocenters. The largest absolute Gasteiger partial charge is 0.266 e. The summed E-state index contributed by atoms with van der Waals surface area (Å²) in [6, 6.07) is 3.04. The van der Waals surface area contributed by atoms with E-state index in [4.69, 9.17) is 16.9 Å². The normalized spacial score (nSPS) is 10.3. The Kier molecular flexibility index (Phi) is 3.78. The van der Waals surface area contributed by atoms with Gasteiger partial charge < -0.3 is 0 Å². The highest BCUT2D eigenvalue weighted by Gasteiger charge is 2.18. The molecule has 0 N–H and O–H groups in total. The summed E-state index contributed by atoms with van der Waals surface area (Å²) in [5.74, 6) is 0. The van der Waals surface area contributed by atoms with E-state index in [-0.39, 0.29) is 27.3 Å². The molecule has 1 aromatic heterocycles. The molecular formula is C8H4BrClF2N2. The summed E-state index contributed by atoms with van der Waals surface area (Å²) in [5.41, 5.74) is -0.252. The number of hydrogen-bond donors (Lipinski definition) is 0. The molecule has 0 saturated carbocycles. The Morgan fingerprint density at radius 1 is 1.64 bits per heavy atom. The molecule has 0 aliphatic carbocycles. The molecule has 0 saturated heterocycles. The van der Waals surface area contributed by atoms with E-state index in [0.29, 0.717) is 0 Å². The van der Waals surface area contributed by atoms with Gasteiger partial charge in [0.25, 0.3) is 6.43 Å². The second-order valence-corrected chi connectivity index (χ2v) is 3.66. The Morgan fingerprint density at radius 2 is 2.29 bits per heavy atom. The summed E-state index contributed by atoms with van der Waals surface area (Å²) in [6.07, 6.45) is -2.85. The second kappa shape index (κ2) is 4.67. The molecule has 1 rings (SSSR count). The number of nitrogens with zero attached hydrogens (tertiary/aromatic N) is 2. The van der Waals surface area contributed by atoms with Gasteiger partial charge in [-0.1, -0.05) is 27.5 Å². The van der Waals surface area contributed by atoms with Crippen LogP contribution in [-0.2, 0) is 6.42 Å². The number of rotatable bonds is 2. The minimum absolute atomic E-state index is 0.0156. The molecular weight excluding hydrogens is 277 g/mol. The van der Waals surface area contributed by atoms with Gasteiger partial charge in [0.15, 0.2) is 0 Å². The van der Waals surface area contributed by atoms with Crippen LogP contribution < -0.4 is 0 Å². The molecule has 74 valence electrons. The first-order valence-electron chi connectivity index (χ1n) is 3.56. The van der Waals surface area contributed by atoms with Gasteiger partial charge in [-0.05, 0) is 6.07 Å². The number of halogens is 4. The summed E-state index contributed by atoms with van der Waals surface area (Å²) in [6.45, 7) is 0. The van der Waals surface area contributed by atoms with E-state index in [2.05, 4.69) is 20.9 Å². The fourth-order valence-corrected chi connectivity index (χ4v) is 1.94. The Hall–Kier alpha value is -0.730. The molecule has 0 fully saturated rings. The third-order valence-electron chi connectivity index (χ3n) is 1.52. The topological polar surface area (TPSA) is 36.7 Å². The van der Waals surface area contributed by atoms with E-state index < -0.39 is 6.43 Å². The van der Waals surface area contributed by atoms with Crippen LogP contribution in [0.5, 0.6) is 0 Å². The third kappa shape index (κ3) is 2.40. The highest BCUT2D eigenvalue weighted by atomic mass is 79.9. The lowest BCUT2D eigenvalue weighted by Crippen LogP contribution is -1.99. The molecule has 0 aliphatic heterocycles. The van der Waals surface area contributed by atoms with E-state index in [0.717, 1.165) is 0 Å². The molecule has 1 heterocycles. The molecule has 2 nitrogen and oxygen atoms in total. The quantitative estimate of drug-likeness (QED) is 0.778. The highest BCUT2D eigenvalue weighted by molar-refractivity contribution is 9.10. The summed E-state index contributed by atoms with van der Waals surface area (Å²) < 4.78 is 25.2. The monoisotopic (exact) mass is 280 g/mol. The Balaban J connectivity index is 3.30. The molecule has 0 aliphatic rings. The van der Waals surface area contributed by atoms with Crippen LogP contribution in [0.2, 0.25) is 5.15 Å². The van der Waals surface area contributed by atoms with Gasteiger partial charge in [0, 0.05) is 4.47 Å². The summed E-state index contributed by atoms with van der Waals surface area (Å²) >= 11 is 8.52. The standard InChI is InChI=1S/C8H4BrClF2N2/c9-4-3-6(10)14-5(1-2-13)7(4)8(11)12/h3,8H,1H2. The van der Waals surface area contributed by atoms with Gasteiger partial charge in [0.2, 0.25) is 0 Å². The first-order valence-corrected chi connectivity index (χ1v) is 4.73. The lowest BCUT2D eigenvalue weighted by molar-refractivity contribution is 0.149. The molecule has 0 atom stereocenters. The van der Waals surface area contributed by atoms with Gasteiger partial charge in [0.1, 0.15) is 5.15 Å². The Bertz CT molecular complexity index is 390. The summed E-state index contributed by atoms with van der Waals surface area (Å²) in [5, 5.41) is 8.50. The zero-order valence-corrected chi connectivity index (χ0v) is 9.11. The Morgan fingerprint density at radius 3 is 2.79 bits per heavy atom. The van der Waals surface area contributed by atoms with E-state index in [1.165, 1.54) is 6.07 Å². The van der Waals surface area contributed by atoms with Crippen molar-refractivity contribution in [2.24, 2.45) is 0 Å². The third-order valence-corrected chi connectivity index (χ3v) is 2.37. The Labute approximate surface area is 92.6 Å². The van der Waals surface area contributed by atoms with E-state index in [1.807, 2.05) is 0 Å². The van der Waals surface area contributed by atoms with Gasteiger partial charge in [-0.15, -0.1) is 0 Å². The van der Waals surface area contributed by atoms with Crippen LogP contribution in [0.1, 0.15) is 17.7 Å². The molecule has 6 heteroatoms. The van der Waals surface area contributed by atoms with Gasteiger partial charge in [-0.3, -0.25) is 0 Å². The second-order valence-electron chi connectivity index (χ2n) is 2.42. The zero-order chi connectivity index (χ0) is 10.7. The van der Waals surface area contributed by atoms with Crippen LogP contribution in [0.3, 0.4) is 0 Å². The van der Waals surface area contributed by atoms with Crippen LogP contribution in [-0.4, -0.2) is 4.98 Å². The van der Waals surface area contributed by atoms with Gasteiger partial charge >= 0.3 is 0 Å². The summed E-state index contributed by atoms with van der Waals surface area (Å²) in [4.78, 5) is 3.68. The minimum atomic E-state index is -2.67. The van der Waals surface area contributed by atoms with Gasteiger partial charge in [-0.2, -0.15) is 5.26 Å². The molecule has 0 radical (unpaired) electrons. The minimum Gasteiger partial charge on any atom is -0.239 e. The van der Waals surface area contributed by atoms with Gasteiger partial charge in [0.05, 0.1) is 23.7 Å². The van der Waals surface area contributed by atoms with E-state index in [1.54, 1.807) is 6.07 Å². The lowest BCUT2D eigenvalue weighted by Gasteiger charge is -2.07. The van der Waals surface area contributed by atoms with Gasteiger partial charge in [-0.25, -0.2) is 13.8 Å². The predicted octanol–water partition coefficient (Wildman–Crippen LogP) is 3.50. The molecule has 0 spiro atoms. The van der Waals surface area contributed by atoms with Crippen LogP contribution in [0.25, 0.3) is 0 Å². The smallest absolute Gasteiger partial charge is 0.239 e. The van der Waals surface area contributed by atoms with Crippen molar-refractivity contribution < 1.29 is 8.78 Å². The predicted molar refractivity (Wildman–Crippen MR) is 51.2 cm³/mol. The number of alkyl halides is 2. The van der Waals surface area contributed by atoms with Crippen molar-refractivity contribution in [1.29, 1.82) is 5.26 Å². The fraction of sp³-hybridized carbons (Fsp3) is 0.250. The van der Waals surface area contributed by atoms with Crippen molar-refractivity contribution in [3.63, 3.8) is 0 Å². The van der Waals surface area contributed by atoms with Crippen molar-refractivity contribution in [2.45, 2.75) is 12.8 Å². The van der Waals surface area contributed by atoms with Crippen LogP contribution in [0, 0.1) is 11.3 Å². The number of hydrogen-bond acceptors (Lipinski definition) is 2. The maximum Gasteiger partial charge on any atom is 0.266 e. The zero-order valence-electron chi connectivity index (χ0n) is 6.77. The number of nitriles is 1. The number of pyridine rings is 1. The van der Waals surface area contributed by atoms with Crippen molar-refractivity contribution in [1.82, 2.24) is 4.98 Å². The lowest BCUT2D eigenvalue weighted by atomic mass is 10.1. The van der Waals surface area contributed by atoms with Crippen molar-refractivity contribution in [2.75, 3.05) is 0 Å². The summed E-state index contributed by atoms with van der Waals surface area (Å²) in [7, 11) is 0. The van der Waals surface area contributed by atoms with Crippen LogP contribution in [0.4, 0.5) is 8.78 Å². The maximum absolute atomic E-state index is 12.5. The van der Waals surface area contributed by atoms with Crippen LogP contribution in [0.15, 0.2) is 10.5 Å². The fourth-order valence-electron chi connectivity index (χ4n) is 0.981. The molecule has 14 heavy (non-hydrogen) atoms. The number of aromatic nitrogens is 1. The maximum atomic E-state index is 12.5. The molecule has 1 aromatic rings.